The Morgan fingerprint density at radius 3 is 2.59 bits per heavy atom. The van der Waals surface area contributed by atoms with Crippen LogP contribution in [0, 0.1) is 46.3 Å². The van der Waals surface area contributed by atoms with Crippen molar-refractivity contribution >= 4 is 0 Å². The van der Waals surface area contributed by atoms with Crippen molar-refractivity contribution in [3.63, 3.8) is 0 Å². The molecule has 2 aliphatic heterocycles. The Labute approximate surface area is 178 Å². The molecule has 0 aromatic heterocycles. The Kier molecular flexibility index (Phi) is 4.23. The zero-order valence-electron chi connectivity index (χ0n) is 19.2. The van der Waals surface area contributed by atoms with Gasteiger partial charge in [-0.25, -0.2) is 0 Å². The SMILES string of the molecule is C[C@@H]1CC[C@@]2(OC1)O[C@H]1C=C3[C@@H]4CC[C@H]5CCCC[C@]5(C)[C@H]4CC[C@]3(C)[C@H]1[C@@H]2C. The first kappa shape index (κ1) is 19.4. The molecule has 6 aliphatic rings. The van der Waals surface area contributed by atoms with E-state index in [4.69, 9.17) is 9.47 Å². The molecule has 5 fully saturated rings. The van der Waals surface area contributed by atoms with E-state index in [9.17, 15) is 0 Å². The van der Waals surface area contributed by atoms with Gasteiger partial charge >= 0.3 is 0 Å². The van der Waals surface area contributed by atoms with Crippen molar-refractivity contribution in [2.75, 3.05) is 6.61 Å². The minimum atomic E-state index is -0.295. The molecule has 1 spiro atoms. The second kappa shape index (κ2) is 6.35. The van der Waals surface area contributed by atoms with Crippen LogP contribution in [0.25, 0.3) is 0 Å². The molecule has 0 radical (unpaired) electrons. The van der Waals surface area contributed by atoms with Crippen LogP contribution in [0.2, 0.25) is 0 Å². The lowest BCUT2D eigenvalue weighted by molar-refractivity contribution is -0.265. The van der Waals surface area contributed by atoms with Crippen molar-refractivity contribution in [2.24, 2.45) is 46.3 Å². The summed E-state index contributed by atoms with van der Waals surface area (Å²) in [5, 5.41) is 0. The van der Waals surface area contributed by atoms with Gasteiger partial charge in [-0.15, -0.1) is 0 Å². The highest BCUT2D eigenvalue weighted by atomic mass is 16.7. The van der Waals surface area contributed by atoms with E-state index in [2.05, 4.69) is 33.8 Å². The van der Waals surface area contributed by atoms with Crippen molar-refractivity contribution in [1.82, 2.24) is 0 Å². The summed E-state index contributed by atoms with van der Waals surface area (Å²) in [5.74, 6) is 4.28. The Bertz CT molecular complexity index is 703. The molecule has 2 nitrogen and oxygen atoms in total. The first-order chi connectivity index (χ1) is 13.9. The lowest BCUT2D eigenvalue weighted by atomic mass is 9.45. The maximum atomic E-state index is 6.84. The molecule has 0 bridgehead atoms. The summed E-state index contributed by atoms with van der Waals surface area (Å²) in [6.07, 6.45) is 17.0. The zero-order chi connectivity index (χ0) is 20.0. The Hall–Kier alpha value is -0.340. The summed E-state index contributed by atoms with van der Waals surface area (Å²) in [7, 11) is 0. The fraction of sp³-hybridized carbons (Fsp3) is 0.926. The number of hydrogen-bond donors (Lipinski definition) is 0. The van der Waals surface area contributed by atoms with Gasteiger partial charge in [0.2, 0.25) is 0 Å². The topological polar surface area (TPSA) is 18.5 Å². The summed E-state index contributed by atoms with van der Waals surface area (Å²) >= 11 is 0. The molecule has 3 saturated carbocycles. The predicted octanol–water partition coefficient (Wildman–Crippen LogP) is 6.74. The van der Waals surface area contributed by atoms with Gasteiger partial charge in [0.1, 0.15) is 0 Å². The molecule has 2 heterocycles. The Balaban J connectivity index is 1.31. The predicted molar refractivity (Wildman–Crippen MR) is 116 cm³/mol. The van der Waals surface area contributed by atoms with Gasteiger partial charge in [-0.3, -0.25) is 0 Å². The maximum Gasteiger partial charge on any atom is 0.172 e. The van der Waals surface area contributed by atoms with E-state index >= 15 is 0 Å². The molecule has 2 saturated heterocycles. The highest BCUT2D eigenvalue weighted by Gasteiger charge is 2.66. The summed E-state index contributed by atoms with van der Waals surface area (Å²) in [6.45, 7) is 10.9. The fourth-order valence-corrected chi connectivity index (χ4v) is 9.57. The molecule has 0 unspecified atom stereocenters. The van der Waals surface area contributed by atoms with Crippen LogP contribution < -0.4 is 0 Å². The standard InChI is InChI=1S/C27H42O2/c1-17-10-14-27(28-16-17)18(2)24-23(29-27)15-22-20-9-8-19-7-5-6-12-25(19,3)21(20)11-13-26(22,24)4/h15,17-21,23-24H,5-14,16H2,1-4H3/t17-,18+,19-,20-,21+,23+,24+,25+,26+,27-/m1/s1. The average molecular weight is 399 g/mol. The first-order valence-electron chi connectivity index (χ1n) is 12.9. The molecule has 0 N–H and O–H groups in total. The zero-order valence-corrected chi connectivity index (χ0v) is 19.2. The normalized spacial score (nSPS) is 58.9. The van der Waals surface area contributed by atoms with E-state index in [0.717, 1.165) is 30.8 Å². The largest absolute Gasteiger partial charge is 0.349 e. The molecule has 29 heavy (non-hydrogen) atoms. The molecule has 2 heteroatoms. The smallest absolute Gasteiger partial charge is 0.172 e. The molecule has 6 rings (SSSR count). The van der Waals surface area contributed by atoms with E-state index in [1.165, 1.54) is 57.8 Å². The Morgan fingerprint density at radius 1 is 0.931 bits per heavy atom. The quantitative estimate of drug-likeness (QED) is 0.420. The summed E-state index contributed by atoms with van der Waals surface area (Å²) < 4.78 is 13.3. The third kappa shape index (κ3) is 2.48. The van der Waals surface area contributed by atoms with Gasteiger partial charge < -0.3 is 9.47 Å². The van der Waals surface area contributed by atoms with Crippen LogP contribution in [-0.4, -0.2) is 18.5 Å². The monoisotopic (exact) mass is 398 g/mol. The van der Waals surface area contributed by atoms with Crippen LogP contribution in [0.15, 0.2) is 11.6 Å². The van der Waals surface area contributed by atoms with Crippen LogP contribution in [-0.2, 0) is 9.47 Å². The molecule has 0 amide bonds. The van der Waals surface area contributed by atoms with Crippen molar-refractivity contribution in [2.45, 2.75) is 104 Å². The van der Waals surface area contributed by atoms with E-state index in [1.807, 2.05) is 5.57 Å². The molecular formula is C27H42O2. The summed E-state index contributed by atoms with van der Waals surface area (Å²) in [5.41, 5.74) is 2.77. The van der Waals surface area contributed by atoms with Crippen molar-refractivity contribution in [3.8, 4) is 0 Å². The molecule has 10 atom stereocenters. The van der Waals surface area contributed by atoms with Crippen LogP contribution in [0.3, 0.4) is 0 Å². The van der Waals surface area contributed by atoms with E-state index in [-0.39, 0.29) is 5.79 Å². The van der Waals surface area contributed by atoms with Gasteiger partial charge in [-0.1, -0.05) is 52.2 Å². The fourth-order valence-electron chi connectivity index (χ4n) is 9.57. The van der Waals surface area contributed by atoms with Crippen molar-refractivity contribution in [3.05, 3.63) is 11.6 Å². The molecule has 4 aliphatic carbocycles. The third-order valence-corrected chi connectivity index (χ3v) is 11.2. The van der Waals surface area contributed by atoms with E-state index < -0.39 is 0 Å². The minimum Gasteiger partial charge on any atom is -0.349 e. The van der Waals surface area contributed by atoms with Gasteiger partial charge in [-0.05, 0) is 79.4 Å². The second-order valence-corrected chi connectivity index (χ2v) is 12.5. The highest BCUT2D eigenvalue weighted by molar-refractivity contribution is 5.34. The van der Waals surface area contributed by atoms with Crippen LogP contribution in [0.5, 0.6) is 0 Å². The minimum absolute atomic E-state index is 0.295. The van der Waals surface area contributed by atoms with Crippen molar-refractivity contribution < 1.29 is 9.47 Å². The number of allylic oxidation sites excluding steroid dienone is 1. The number of hydrogen-bond acceptors (Lipinski definition) is 2. The van der Waals surface area contributed by atoms with Gasteiger partial charge in [0, 0.05) is 18.3 Å². The highest BCUT2D eigenvalue weighted by Crippen LogP contribution is 2.69. The van der Waals surface area contributed by atoms with Crippen LogP contribution >= 0.6 is 0 Å². The molecule has 0 aromatic carbocycles. The summed E-state index contributed by atoms with van der Waals surface area (Å²) in [6, 6.07) is 0. The van der Waals surface area contributed by atoms with E-state index in [1.54, 1.807) is 0 Å². The molecular weight excluding hydrogens is 356 g/mol. The average Bonchev–Trinajstić information content (AvgIpc) is 3.15. The third-order valence-electron chi connectivity index (χ3n) is 11.2. The van der Waals surface area contributed by atoms with Gasteiger partial charge in [0.15, 0.2) is 5.79 Å². The van der Waals surface area contributed by atoms with Crippen LogP contribution in [0.4, 0.5) is 0 Å². The lowest BCUT2D eigenvalue weighted by Gasteiger charge is -2.59. The lowest BCUT2D eigenvalue weighted by Crippen LogP contribution is -2.51. The van der Waals surface area contributed by atoms with Gasteiger partial charge in [0.25, 0.3) is 0 Å². The molecule has 0 aromatic rings. The molecule has 162 valence electrons. The van der Waals surface area contributed by atoms with Crippen LogP contribution in [0.1, 0.15) is 91.9 Å². The first-order valence-corrected chi connectivity index (χ1v) is 12.9. The van der Waals surface area contributed by atoms with Crippen molar-refractivity contribution in [1.29, 1.82) is 0 Å². The summed E-state index contributed by atoms with van der Waals surface area (Å²) in [4.78, 5) is 0. The maximum absolute atomic E-state index is 6.84. The second-order valence-electron chi connectivity index (χ2n) is 12.5. The number of ether oxygens (including phenoxy) is 2. The Morgan fingerprint density at radius 2 is 1.79 bits per heavy atom. The number of rotatable bonds is 0. The number of fused-ring (bicyclic) bond motifs is 7. The van der Waals surface area contributed by atoms with Gasteiger partial charge in [0.05, 0.1) is 12.7 Å². The van der Waals surface area contributed by atoms with E-state index in [0.29, 0.717) is 34.7 Å². The van der Waals surface area contributed by atoms with Gasteiger partial charge in [-0.2, -0.15) is 0 Å².